The molecule has 9 heavy (non-hydrogen) atoms. The van der Waals surface area contributed by atoms with Crippen molar-refractivity contribution < 1.29 is 0 Å². The lowest BCUT2D eigenvalue weighted by Gasteiger charge is -2.12. The number of halogens is 1. The van der Waals surface area contributed by atoms with Gasteiger partial charge < -0.3 is 0 Å². The quantitative estimate of drug-likeness (QED) is 0.673. The van der Waals surface area contributed by atoms with E-state index in [1.165, 1.54) is 6.42 Å². The molecule has 1 saturated carbocycles. The maximum Gasteiger partial charge on any atom is 0.0303 e. The second-order valence-corrected chi connectivity index (χ2v) is 6.70. The van der Waals surface area contributed by atoms with Crippen molar-refractivity contribution in [1.29, 1.82) is 0 Å². The Morgan fingerprint density at radius 2 is 2.44 bits per heavy atom. The molecule has 1 aliphatic carbocycles. The van der Waals surface area contributed by atoms with Crippen molar-refractivity contribution in [3.8, 4) is 0 Å². The van der Waals surface area contributed by atoms with Gasteiger partial charge in [0.2, 0.25) is 0 Å². The van der Waals surface area contributed by atoms with Crippen LogP contribution in [0.1, 0.15) is 13.3 Å². The molecule has 0 amide bonds. The molecule has 3 heteroatoms. The predicted molar refractivity (Wildman–Crippen MR) is 54.3 cm³/mol. The topological polar surface area (TPSA) is 0 Å². The Morgan fingerprint density at radius 3 is 2.78 bits per heavy atom. The Kier molecular flexibility index (Phi) is 1.96. The molecule has 4 atom stereocenters. The second-order valence-electron chi connectivity index (χ2n) is 2.83. The van der Waals surface area contributed by atoms with Crippen LogP contribution in [-0.4, -0.2) is 15.7 Å². The van der Waals surface area contributed by atoms with Crippen LogP contribution >= 0.6 is 41.9 Å². The van der Waals surface area contributed by atoms with Gasteiger partial charge in [-0.25, -0.2) is 0 Å². The Balaban J connectivity index is 2.02. The number of hydrogen-bond donors (Lipinski definition) is 0. The summed E-state index contributed by atoms with van der Waals surface area (Å²) < 4.78 is 0. The molecule has 1 aliphatic heterocycles. The van der Waals surface area contributed by atoms with Gasteiger partial charge in [-0.05, 0) is 33.5 Å². The highest BCUT2D eigenvalue weighted by atomic mass is 127. The molecular formula is C6H9IS2. The van der Waals surface area contributed by atoms with Gasteiger partial charge in [0, 0.05) is 15.7 Å². The zero-order valence-electron chi connectivity index (χ0n) is 5.21. The molecule has 1 saturated heterocycles. The molecule has 2 fully saturated rings. The SMILES string of the molecule is CC1SC2CC2C1SI. The summed E-state index contributed by atoms with van der Waals surface area (Å²) >= 11 is 4.65. The highest BCUT2D eigenvalue weighted by Gasteiger charge is 2.52. The summed E-state index contributed by atoms with van der Waals surface area (Å²) in [7, 11) is 2.04. The standard InChI is InChI=1S/C6H9IS2/c1-3-6(9-7)4-2-5(4)8-3/h3-6H,2H2,1H3. The van der Waals surface area contributed by atoms with Crippen LogP contribution in [0.5, 0.6) is 0 Å². The van der Waals surface area contributed by atoms with E-state index in [9.17, 15) is 0 Å². The Morgan fingerprint density at radius 1 is 1.67 bits per heavy atom. The molecule has 0 nitrogen and oxygen atoms in total. The minimum Gasteiger partial charge on any atom is -0.154 e. The number of rotatable bonds is 1. The number of hydrogen-bond acceptors (Lipinski definition) is 2. The van der Waals surface area contributed by atoms with E-state index in [-0.39, 0.29) is 0 Å². The smallest absolute Gasteiger partial charge is 0.0303 e. The average molecular weight is 272 g/mol. The fraction of sp³-hybridized carbons (Fsp3) is 1.00. The number of fused-ring (bicyclic) bond motifs is 1. The monoisotopic (exact) mass is 272 g/mol. The molecule has 4 unspecified atom stereocenters. The zero-order valence-corrected chi connectivity index (χ0v) is 9.00. The largest absolute Gasteiger partial charge is 0.154 e. The first-order valence-electron chi connectivity index (χ1n) is 3.26. The van der Waals surface area contributed by atoms with E-state index in [0.29, 0.717) is 0 Å². The molecule has 0 aromatic rings. The van der Waals surface area contributed by atoms with Crippen LogP contribution in [0.25, 0.3) is 0 Å². The van der Waals surface area contributed by atoms with Gasteiger partial charge in [0.25, 0.3) is 0 Å². The molecule has 0 aromatic heterocycles. The summed E-state index contributed by atoms with van der Waals surface area (Å²) in [6.45, 7) is 2.37. The third-order valence-corrected chi connectivity index (χ3v) is 6.67. The zero-order chi connectivity index (χ0) is 6.43. The molecule has 2 aliphatic rings. The lowest BCUT2D eigenvalue weighted by Crippen LogP contribution is -2.12. The van der Waals surface area contributed by atoms with Gasteiger partial charge in [0.15, 0.2) is 0 Å². The third-order valence-electron chi connectivity index (χ3n) is 2.16. The van der Waals surface area contributed by atoms with Crippen LogP contribution in [0.4, 0.5) is 0 Å². The van der Waals surface area contributed by atoms with E-state index in [1.807, 2.05) is 8.93 Å². The predicted octanol–water partition coefficient (Wildman–Crippen LogP) is 2.96. The van der Waals surface area contributed by atoms with Crippen LogP contribution in [0, 0.1) is 5.92 Å². The molecule has 0 bridgehead atoms. The van der Waals surface area contributed by atoms with Crippen LogP contribution < -0.4 is 0 Å². The van der Waals surface area contributed by atoms with Crippen LogP contribution in [0.3, 0.4) is 0 Å². The normalized spacial score (nSPS) is 55.3. The maximum absolute atomic E-state index is 2.45. The van der Waals surface area contributed by atoms with Crippen molar-refractivity contribution in [2.45, 2.75) is 29.1 Å². The van der Waals surface area contributed by atoms with Crippen LogP contribution in [0.2, 0.25) is 0 Å². The average Bonchev–Trinajstić information content (AvgIpc) is 2.45. The molecule has 0 spiro atoms. The lowest BCUT2D eigenvalue weighted by molar-refractivity contribution is 0.775. The third kappa shape index (κ3) is 1.13. The summed E-state index contributed by atoms with van der Waals surface area (Å²) in [6, 6.07) is 0. The molecule has 2 rings (SSSR count). The highest BCUT2D eigenvalue weighted by molar-refractivity contribution is 14.2. The summed E-state index contributed by atoms with van der Waals surface area (Å²) in [4.78, 5) is 0. The van der Waals surface area contributed by atoms with Gasteiger partial charge in [-0.15, -0.1) is 0 Å². The second kappa shape index (κ2) is 2.48. The lowest BCUT2D eigenvalue weighted by atomic mass is 10.2. The van der Waals surface area contributed by atoms with Crippen molar-refractivity contribution in [3.05, 3.63) is 0 Å². The maximum atomic E-state index is 2.45. The van der Waals surface area contributed by atoms with Gasteiger partial charge in [0.1, 0.15) is 0 Å². The molecule has 0 aromatic carbocycles. The van der Waals surface area contributed by atoms with Crippen molar-refractivity contribution in [2.75, 3.05) is 0 Å². The summed E-state index contributed by atoms with van der Waals surface area (Å²) in [5, 5.41) is 2.96. The first-order valence-corrected chi connectivity index (χ1v) is 7.62. The summed E-state index contributed by atoms with van der Waals surface area (Å²) in [5.41, 5.74) is 0. The van der Waals surface area contributed by atoms with E-state index in [0.717, 1.165) is 21.7 Å². The molecule has 0 radical (unpaired) electrons. The van der Waals surface area contributed by atoms with Crippen molar-refractivity contribution in [2.24, 2.45) is 5.92 Å². The van der Waals surface area contributed by atoms with Crippen LogP contribution in [0.15, 0.2) is 0 Å². The highest BCUT2D eigenvalue weighted by Crippen LogP contribution is 2.59. The van der Waals surface area contributed by atoms with Crippen molar-refractivity contribution in [3.63, 3.8) is 0 Å². The van der Waals surface area contributed by atoms with E-state index in [1.54, 1.807) is 0 Å². The number of thioether (sulfide) groups is 1. The summed E-state index contributed by atoms with van der Waals surface area (Å²) in [5.74, 6) is 1.09. The van der Waals surface area contributed by atoms with E-state index >= 15 is 0 Å². The van der Waals surface area contributed by atoms with Crippen molar-refractivity contribution in [1.82, 2.24) is 0 Å². The fourth-order valence-electron chi connectivity index (χ4n) is 1.53. The van der Waals surface area contributed by atoms with E-state index in [4.69, 9.17) is 0 Å². The van der Waals surface area contributed by atoms with E-state index in [2.05, 4.69) is 39.9 Å². The first-order chi connectivity index (χ1) is 4.33. The Bertz CT molecular complexity index is 126. The van der Waals surface area contributed by atoms with Crippen molar-refractivity contribution >= 4 is 41.9 Å². The van der Waals surface area contributed by atoms with Crippen LogP contribution in [-0.2, 0) is 0 Å². The fourth-order valence-corrected chi connectivity index (χ4v) is 7.23. The Labute approximate surface area is 76.5 Å². The van der Waals surface area contributed by atoms with E-state index < -0.39 is 0 Å². The van der Waals surface area contributed by atoms with Gasteiger partial charge in [-0.1, -0.05) is 15.9 Å². The minimum absolute atomic E-state index is 0.927. The summed E-state index contributed by atoms with van der Waals surface area (Å²) in [6.07, 6.45) is 1.51. The van der Waals surface area contributed by atoms with Gasteiger partial charge in [-0.3, -0.25) is 0 Å². The molecular weight excluding hydrogens is 263 g/mol. The van der Waals surface area contributed by atoms with Gasteiger partial charge >= 0.3 is 0 Å². The molecule has 52 valence electrons. The first kappa shape index (κ1) is 7.10. The molecule has 1 heterocycles. The Hall–Kier alpha value is 1.43. The van der Waals surface area contributed by atoms with Gasteiger partial charge in [0.05, 0.1) is 0 Å². The van der Waals surface area contributed by atoms with Gasteiger partial charge in [-0.2, -0.15) is 11.8 Å². The minimum atomic E-state index is 0.927. The molecule has 0 N–H and O–H groups in total.